The van der Waals surface area contributed by atoms with Crippen LogP contribution in [0.1, 0.15) is 28.0 Å². The number of piperazine rings is 1. The summed E-state index contributed by atoms with van der Waals surface area (Å²) in [4.78, 5) is 28.7. The predicted molar refractivity (Wildman–Crippen MR) is 114 cm³/mol. The van der Waals surface area contributed by atoms with Crippen LogP contribution in [0.2, 0.25) is 0 Å². The lowest BCUT2D eigenvalue weighted by Crippen LogP contribution is -2.49. The quantitative estimate of drug-likeness (QED) is 0.604. The largest absolute Gasteiger partial charge is 0.352 e. The molecule has 5 nitrogen and oxygen atoms in total. The van der Waals surface area contributed by atoms with Gasteiger partial charge in [-0.2, -0.15) is 0 Å². The Labute approximate surface area is 171 Å². The molecule has 1 aliphatic heterocycles. The standard InChI is InChI=1S/C20H21BrN4OS/c1-3-14-12-16-18(22-13(2)23-19(16)27-14)24-8-10-25(11-9-24)20(26)15-6-4-5-7-17(15)21/h4-7,12H,3,8-11H2,1-2H3. The highest BCUT2D eigenvalue weighted by molar-refractivity contribution is 9.10. The Morgan fingerprint density at radius 3 is 2.63 bits per heavy atom. The van der Waals surface area contributed by atoms with Gasteiger partial charge in [-0.25, -0.2) is 9.97 Å². The molecule has 3 aromatic rings. The van der Waals surface area contributed by atoms with Gasteiger partial charge in [0.15, 0.2) is 0 Å². The lowest BCUT2D eigenvalue weighted by atomic mass is 10.2. The summed E-state index contributed by atoms with van der Waals surface area (Å²) in [6.45, 7) is 7.04. The van der Waals surface area contributed by atoms with Gasteiger partial charge in [0.25, 0.3) is 5.91 Å². The number of benzene rings is 1. The Kier molecular flexibility index (Phi) is 5.14. The molecule has 1 aliphatic rings. The zero-order valence-electron chi connectivity index (χ0n) is 15.4. The minimum absolute atomic E-state index is 0.0787. The Hall–Kier alpha value is -1.99. The first-order valence-electron chi connectivity index (χ1n) is 9.12. The van der Waals surface area contributed by atoms with E-state index in [9.17, 15) is 4.79 Å². The molecule has 0 aliphatic carbocycles. The van der Waals surface area contributed by atoms with Crippen molar-refractivity contribution in [1.82, 2.24) is 14.9 Å². The van der Waals surface area contributed by atoms with Crippen LogP contribution in [0.25, 0.3) is 10.2 Å². The Balaban J connectivity index is 1.54. The van der Waals surface area contributed by atoms with E-state index in [4.69, 9.17) is 4.98 Å². The third kappa shape index (κ3) is 3.58. The van der Waals surface area contributed by atoms with E-state index < -0.39 is 0 Å². The molecule has 0 bridgehead atoms. The van der Waals surface area contributed by atoms with E-state index in [-0.39, 0.29) is 5.91 Å². The van der Waals surface area contributed by atoms with E-state index in [2.05, 4.69) is 38.8 Å². The van der Waals surface area contributed by atoms with Crippen LogP contribution in [0.4, 0.5) is 5.82 Å². The number of hydrogen-bond donors (Lipinski definition) is 0. The minimum Gasteiger partial charge on any atom is -0.352 e. The Bertz CT molecular complexity index is 995. The maximum Gasteiger partial charge on any atom is 0.255 e. The van der Waals surface area contributed by atoms with Crippen molar-refractivity contribution in [2.45, 2.75) is 20.3 Å². The monoisotopic (exact) mass is 444 g/mol. The van der Waals surface area contributed by atoms with Gasteiger partial charge in [-0.1, -0.05) is 19.1 Å². The lowest BCUT2D eigenvalue weighted by Gasteiger charge is -2.35. The number of aryl methyl sites for hydroxylation is 2. The maximum atomic E-state index is 12.8. The van der Waals surface area contributed by atoms with E-state index in [1.54, 1.807) is 11.3 Å². The normalized spacial score (nSPS) is 14.8. The van der Waals surface area contributed by atoms with Crippen LogP contribution in [0.15, 0.2) is 34.8 Å². The van der Waals surface area contributed by atoms with Gasteiger partial charge < -0.3 is 9.80 Å². The van der Waals surface area contributed by atoms with Crippen molar-refractivity contribution in [1.29, 1.82) is 0 Å². The number of anilines is 1. The van der Waals surface area contributed by atoms with Gasteiger partial charge in [0.05, 0.1) is 10.9 Å². The first kappa shape index (κ1) is 18.4. The van der Waals surface area contributed by atoms with Gasteiger partial charge in [0.1, 0.15) is 16.5 Å². The summed E-state index contributed by atoms with van der Waals surface area (Å²) in [6, 6.07) is 9.82. The number of fused-ring (bicyclic) bond motifs is 1. The molecular formula is C20H21BrN4OS. The lowest BCUT2D eigenvalue weighted by molar-refractivity contribution is 0.0745. The van der Waals surface area contributed by atoms with Gasteiger partial charge in [-0.3, -0.25) is 4.79 Å². The maximum absolute atomic E-state index is 12.8. The smallest absolute Gasteiger partial charge is 0.255 e. The van der Waals surface area contributed by atoms with Crippen molar-refractivity contribution >= 4 is 49.2 Å². The number of carbonyl (C=O) groups is 1. The van der Waals surface area contributed by atoms with Crippen molar-refractivity contribution in [2.24, 2.45) is 0 Å². The van der Waals surface area contributed by atoms with Crippen molar-refractivity contribution in [2.75, 3.05) is 31.1 Å². The van der Waals surface area contributed by atoms with Gasteiger partial charge >= 0.3 is 0 Å². The molecule has 1 saturated heterocycles. The van der Waals surface area contributed by atoms with Crippen LogP contribution in [-0.2, 0) is 6.42 Å². The van der Waals surface area contributed by atoms with Gasteiger partial charge in [0.2, 0.25) is 0 Å². The van der Waals surface area contributed by atoms with E-state index in [1.807, 2.05) is 36.1 Å². The highest BCUT2D eigenvalue weighted by atomic mass is 79.9. The molecule has 0 N–H and O–H groups in total. The molecule has 0 spiro atoms. The number of aromatic nitrogens is 2. The van der Waals surface area contributed by atoms with Gasteiger partial charge in [-0.05, 0) is 47.5 Å². The summed E-state index contributed by atoms with van der Waals surface area (Å²) in [5.41, 5.74) is 0.719. The number of rotatable bonds is 3. The molecule has 27 heavy (non-hydrogen) atoms. The van der Waals surface area contributed by atoms with Crippen molar-refractivity contribution in [3.63, 3.8) is 0 Å². The molecular weight excluding hydrogens is 424 g/mol. The SMILES string of the molecule is CCc1cc2c(N3CCN(C(=O)c4ccccc4Br)CC3)nc(C)nc2s1. The second kappa shape index (κ2) is 7.56. The summed E-state index contributed by atoms with van der Waals surface area (Å²) in [7, 11) is 0. The first-order valence-corrected chi connectivity index (χ1v) is 10.7. The van der Waals surface area contributed by atoms with E-state index in [0.717, 1.165) is 51.4 Å². The molecule has 0 radical (unpaired) electrons. The topological polar surface area (TPSA) is 49.3 Å². The van der Waals surface area contributed by atoms with E-state index in [0.29, 0.717) is 13.1 Å². The van der Waals surface area contributed by atoms with Gasteiger partial charge in [0, 0.05) is 35.5 Å². The molecule has 1 aromatic carbocycles. The number of nitrogens with zero attached hydrogens (tertiary/aromatic N) is 4. The molecule has 0 unspecified atom stereocenters. The summed E-state index contributed by atoms with van der Waals surface area (Å²) in [5, 5.41) is 1.13. The third-order valence-electron chi connectivity index (χ3n) is 4.85. The van der Waals surface area contributed by atoms with Crippen LogP contribution in [0, 0.1) is 6.92 Å². The van der Waals surface area contributed by atoms with E-state index in [1.165, 1.54) is 4.88 Å². The van der Waals surface area contributed by atoms with Crippen LogP contribution in [-0.4, -0.2) is 47.0 Å². The van der Waals surface area contributed by atoms with E-state index >= 15 is 0 Å². The summed E-state index contributed by atoms with van der Waals surface area (Å²) in [5.74, 6) is 1.88. The fourth-order valence-electron chi connectivity index (χ4n) is 3.40. The number of halogens is 1. The average Bonchev–Trinajstić information content (AvgIpc) is 3.10. The Morgan fingerprint density at radius 1 is 1.19 bits per heavy atom. The van der Waals surface area contributed by atoms with Crippen molar-refractivity contribution in [3.8, 4) is 0 Å². The molecule has 7 heteroatoms. The molecule has 140 valence electrons. The fraction of sp³-hybridized carbons (Fsp3) is 0.350. The molecule has 1 fully saturated rings. The predicted octanol–water partition coefficient (Wildman–Crippen LogP) is 4.29. The second-order valence-electron chi connectivity index (χ2n) is 6.64. The Morgan fingerprint density at radius 2 is 1.93 bits per heavy atom. The summed E-state index contributed by atoms with van der Waals surface area (Å²) in [6.07, 6.45) is 1.01. The number of thiophene rings is 1. The minimum atomic E-state index is 0.0787. The second-order valence-corrected chi connectivity index (χ2v) is 8.61. The van der Waals surface area contributed by atoms with Crippen LogP contribution < -0.4 is 4.90 Å². The summed E-state index contributed by atoms with van der Waals surface area (Å²) >= 11 is 5.23. The molecule has 4 rings (SSSR count). The zero-order chi connectivity index (χ0) is 19.0. The summed E-state index contributed by atoms with van der Waals surface area (Å²) < 4.78 is 0.843. The first-order chi connectivity index (χ1) is 13.1. The highest BCUT2D eigenvalue weighted by Gasteiger charge is 2.25. The molecule has 1 amide bonds. The van der Waals surface area contributed by atoms with Crippen LogP contribution >= 0.6 is 27.3 Å². The average molecular weight is 445 g/mol. The third-order valence-corrected chi connectivity index (χ3v) is 6.72. The van der Waals surface area contributed by atoms with Gasteiger partial charge in [-0.15, -0.1) is 11.3 Å². The van der Waals surface area contributed by atoms with Crippen molar-refractivity contribution in [3.05, 3.63) is 51.1 Å². The zero-order valence-corrected chi connectivity index (χ0v) is 17.8. The number of amides is 1. The van der Waals surface area contributed by atoms with Crippen LogP contribution in [0.3, 0.4) is 0 Å². The van der Waals surface area contributed by atoms with Crippen molar-refractivity contribution < 1.29 is 4.79 Å². The highest BCUT2D eigenvalue weighted by Crippen LogP contribution is 2.32. The number of hydrogen-bond acceptors (Lipinski definition) is 5. The van der Waals surface area contributed by atoms with Crippen LogP contribution in [0.5, 0.6) is 0 Å². The number of carbonyl (C=O) groups excluding carboxylic acids is 1. The molecule has 3 heterocycles. The molecule has 2 aromatic heterocycles. The molecule has 0 saturated carbocycles. The molecule has 0 atom stereocenters. The fourth-order valence-corrected chi connectivity index (χ4v) is 4.86.